The second-order valence-electron chi connectivity index (χ2n) is 3.94. The van der Waals surface area contributed by atoms with Crippen LogP contribution < -0.4 is 10.5 Å². The number of nitrogens with two attached hydrogens (primary N) is 1. The zero-order chi connectivity index (χ0) is 14.0. The topological polar surface area (TPSA) is 90.0 Å². The quantitative estimate of drug-likeness (QED) is 0.828. The fourth-order valence-corrected chi connectivity index (χ4v) is 3.26. The summed E-state index contributed by atoms with van der Waals surface area (Å²) in [6.07, 6.45) is 3.32. The second-order valence-corrected chi connectivity index (χ2v) is 6.05. The molecule has 0 unspecified atom stereocenters. The Morgan fingerprint density at radius 1 is 1.47 bits per heavy atom. The molecular formula is C11H13ClN4O2S. The Morgan fingerprint density at radius 3 is 2.79 bits per heavy atom. The highest BCUT2D eigenvalue weighted by atomic mass is 35.5. The normalized spacial score (nSPS) is 11.7. The lowest BCUT2D eigenvalue weighted by atomic mass is 10.3. The van der Waals surface area contributed by atoms with Crippen LogP contribution in [0.5, 0.6) is 0 Å². The summed E-state index contributed by atoms with van der Waals surface area (Å²) in [6.45, 7) is 0.0660. The number of anilines is 1. The van der Waals surface area contributed by atoms with Crippen molar-refractivity contribution in [2.24, 2.45) is 7.05 Å². The van der Waals surface area contributed by atoms with E-state index in [-0.39, 0.29) is 22.2 Å². The van der Waals surface area contributed by atoms with Gasteiger partial charge in [0.15, 0.2) is 0 Å². The highest BCUT2D eigenvalue weighted by Gasteiger charge is 2.21. The van der Waals surface area contributed by atoms with E-state index in [0.717, 1.165) is 0 Å². The smallest absolute Gasteiger partial charge is 0.244 e. The second kappa shape index (κ2) is 5.20. The van der Waals surface area contributed by atoms with Crippen LogP contribution in [0, 0.1) is 0 Å². The molecule has 0 atom stereocenters. The maximum Gasteiger partial charge on any atom is 0.244 e. The molecule has 0 saturated carbocycles. The van der Waals surface area contributed by atoms with E-state index in [1.807, 2.05) is 0 Å². The molecule has 2 rings (SSSR count). The Labute approximate surface area is 116 Å². The van der Waals surface area contributed by atoms with Crippen molar-refractivity contribution < 1.29 is 8.42 Å². The number of hydrogen-bond donors (Lipinski definition) is 2. The Hall–Kier alpha value is -1.57. The standard InChI is InChI=1S/C11H13ClN4O2S/c1-16-6-5-14-10(16)7-15-19(17,18)11-8(12)3-2-4-9(11)13/h2-6,15H,7,13H2,1H3. The van der Waals surface area contributed by atoms with Gasteiger partial charge in [-0.05, 0) is 12.1 Å². The Kier molecular flexibility index (Phi) is 3.79. The molecule has 0 aliphatic carbocycles. The maximum atomic E-state index is 12.2. The summed E-state index contributed by atoms with van der Waals surface area (Å²) in [5.41, 5.74) is 5.77. The Morgan fingerprint density at radius 2 is 2.21 bits per heavy atom. The Balaban J connectivity index is 2.26. The minimum absolute atomic E-state index is 0.0660. The molecule has 0 fully saturated rings. The van der Waals surface area contributed by atoms with Crippen LogP contribution in [0.2, 0.25) is 5.02 Å². The van der Waals surface area contributed by atoms with E-state index in [9.17, 15) is 8.42 Å². The van der Waals surface area contributed by atoms with Gasteiger partial charge >= 0.3 is 0 Å². The van der Waals surface area contributed by atoms with Gasteiger partial charge in [0.2, 0.25) is 10.0 Å². The van der Waals surface area contributed by atoms with Crippen molar-refractivity contribution >= 4 is 27.3 Å². The van der Waals surface area contributed by atoms with Crippen molar-refractivity contribution in [2.75, 3.05) is 5.73 Å². The number of benzene rings is 1. The number of nitrogens with zero attached hydrogens (tertiary/aromatic N) is 2. The zero-order valence-corrected chi connectivity index (χ0v) is 11.7. The van der Waals surface area contributed by atoms with Gasteiger partial charge in [-0.2, -0.15) is 0 Å². The van der Waals surface area contributed by atoms with Crippen LogP contribution in [0.25, 0.3) is 0 Å². The summed E-state index contributed by atoms with van der Waals surface area (Å²) in [7, 11) is -2.00. The summed E-state index contributed by atoms with van der Waals surface area (Å²) >= 11 is 5.89. The number of imidazole rings is 1. The molecule has 8 heteroatoms. The maximum absolute atomic E-state index is 12.2. The van der Waals surface area contributed by atoms with Crippen molar-refractivity contribution in [3.8, 4) is 0 Å². The summed E-state index contributed by atoms with van der Waals surface area (Å²) < 4.78 is 28.5. The van der Waals surface area contributed by atoms with Crippen molar-refractivity contribution in [3.05, 3.63) is 41.4 Å². The molecule has 0 aliphatic heterocycles. The molecular weight excluding hydrogens is 288 g/mol. The molecule has 0 saturated heterocycles. The van der Waals surface area contributed by atoms with Gasteiger partial charge in [-0.1, -0.05) is 17.7 Å². The van der Waals surface area contributed by atoms with E-state index >= 15 is 0 Å². The van der Waals surface area contributed by atoms with Gasteiger partial charge in [0.05, 0.1) is 17.3 Å². The molecule has 1 heterocycles. The van der Waals surface area contributed by atoms with Gasteiger partial charge < -0.3 is 10.3 Å². The van der Waals surface area contributed by atoms with Crippen LogP contribution in [-0.2, 0) is 23.6 Å². The molecule has 102 valence electrons. The number of aromatic nitrogens is 2. The lowest BCUT2D eigenvalue weighted by Crippen LogP contribution is -2.25. The first-order chi connectivity index (χ1) is 8.92. The van der Waals surface area contributed by atoms with E-state index in [2.05, 4.69) is 9.71 Å². The largest absolute Gasteiger partial charge is 0.398 e. The molecule has 19 heavy (non-hydrogen) atoms. The Bertz CT molecular complexity index is 676. The molecule has 3 N–H and O–H groups in total. The first-order valence-electron chi connectivity index (χ1n) is 5.41. The molecule has 6 nitrogen and oxygen atoms in total. The van der Waals surface area contributed by atoms with Crippen molar-refractivity contribution in [3.63, 3.8) is 0 Å². The van der Waals surface area contributed by atoms with Crippen LogP contribution in [0.4, 0.5) is 5.69 Å². The van der Waals surface area contributed by atoms with E-state index in [4.69, 9.17) is 17.3 Å². The van der Waals surface area contributed by atoms with Gasteiger partial charge in [-0.3, -0.25) is 0 Å². The molecule has 0 spiro atoms. The first-order valence-corrected chi connectivity index (χ1v) is 7.28. The van der Waals surface area contributed by atoms with Gasteiger partial charge in [0, 0.05) is 19.4 Å². The van der Waals surface area contributed by atoms with Crippen molar-refractivity contribution in [1.82, 2.24) is 14.3 Å². The van der Waals surface area contributed by atoms with Gasteiger partial charge in [-0.25, -0.2) is 18.1 Å². The van der Waals surface area contributed by atoms with Crippen LogP contribution in [0.1, 0.15) is 5.82 Å². The first kappa shape index (κ1) is 13.9. The third-order valence-electron chi connectivity index (χ3n) is 2.61. The number of halogens is 1. The number of rotatable bonds is 4. The predicted octanol–water partition coefficient (Wildman–Crippen LogP) is 1.13. The van der Waals surface area contributed by atoms with Crippen molar-refractivity contribution in [2.45, 2.75) is 11.4 Å². The predicted molar refractivity (Wildman–Crippen MR) is 73.1 cm³/mol. The average molecular weight is 301 g/mol. The summed E-state index contributed by atoms with van der Waals surface area (Å²) in [5, 5.41) is 0.0901. The fourth-order valence-electron chi connectivity index (χ4n) is 1.61. The van der Waals surface area contributed by atoms with E-state index < -0.39 is 10.0 Å². The highest BCUT2D eigenvalue weighted by molar-refractivity contribution is 7.89. The molecule has 0 aliphatic rings. The SMILES string of the molecule is Cn1ccnc1CNS(=O)(=O)c1c(N)cccc1Cl. The minimum Gasteiger partial charge on any atom is -0.398 e. The van der Waals surface area contributed by atoms with E-state index in [1.54, 1.807) is 30.1 Å². The molecule has 2 aromatic rings. The number of hydrogen-bond acceptors (Lipinski definition) is 4. The van der Waals surface area contributed by atoms with Crippen LogP contribution in [0.3, 0.4) is 0 Å². The van der Waals surface area contributed by atoms with Crippen LogP contribution in [0.15, 0.2) is 35.5 Å². The lowest BCUT2D eigenvalue weighted by Gasteiger charge is -2.10. The third-order valence-corrected chi connectivity index (χ3v) is 4.55. The number of sulfonamides is 1. The van der Waals surface area contributed by atoms with Crippen LogP contribution in [-0.4, -0.2) is 18.0 Å². The molecule has 0 bridgehead atoms. The highest BCUT2D eigenvalue weighted by Crippen LogP contribution is 2.26. The average Bonchev–Trinajstić information content (AvgIpc) is 2.72. The van der Waals surface area contributed by atoms with Gasteiger partial charge in [0.1, 0.15) is 10.7 Å². The minimum atomic E-state index is -3.77. The van der Waals surface area contributed by atoms with Crippen LogP contribution >= 0.6 is 11.6 Å². The van der Waals surface area contributed by atoms with E-state index in [0.29, 0.717) is 5.82 Å². The monoisotopic (exact) mass is 300 g/mol. The summed E-state index contributed by atoms with van der Waals surface area (Å²) in [5.74, 6) is 0.592. The molecule has 1 aromatic heterocycles. The molecule has 0 amide bonds. The number of nitrogen functional groups attached to an aromatic ring is 1. The summed E-state index contributed by atoms with van der Waals surface area (Å²) in [6, 6.07) is 4.56. The fraction of sp³-hybridized carbons (Fsp3) is 0.182. The number of aryl methyl sites for hydroxylation is 1. The summed E-state index contributed by atoms with van der Waals surface area (Å²) in [4.78, 5) is 3.92. The van der Waals surface area contributed by atoms with Gasteiger partial charge in [0.25, 0.3) is 0 Å². The van der Waals surface area contributed by atoms with Crippen molar-refractivity contribution in [1.29, 1.82) is 0 Å². The van der Waals surface area contributed by atoms with E-state index in [1.165, 1.54) is 12.1 Å². The molecule has 1 aromatic carbocycles. The third kappa shape index (κ3) is 2.89. The zero-order valence-electron chi connectivity index (χ0n) is 10.2. The number of nitrogens with one attached hydrogen (secondary N) is 1. The lowest BCUT2D eigenvalue weighted by molar-refractivity contribution is 0.578. The molecule has 0 radical (unpaired) electrons. The van der Waals surface area contributed by atoms with Gasteiger partial charge in [-0.15, -0.1) is 0 Å².